The maximum atomic E-state index is 13.7. The van der Waals surface area contributed by atoms with Crippen LogP contribution in [0.3, 0.4) is 0 Å². The molecule has 7 heteroatoms. The van der Waals surface area contributed by atoms with E-state index in [4.69, 9.17) is 9.63 Å². The Morgan fingerprint density at radius 3 is 2.89 bits per heavy atom. The topological polar surface area (TPSA) is 77.0 Å². The molecule has 3 rings (SSSR count). The van der Waals surface area contributed by atoms with E-state index in [1.54, 1.807) is 24.0 Å². The summed E-state index contributed by atoms with van der Waals surface area (Å²) in [5.41, 5.74) is 0.130. The Bertz CT molecular complexity index is 735. The van der Waals surface area contributed by atoms with E-state index >= 15 is 0 Å². The lowest BCUT2D eigenvalue weighted by atomic mass is 10.2. The largest absolute Gasteiger partial charge is 0.508 e. The molecule has 0 amide bonds. The van der Waals surface area contributed by atoms with Gasteiger partial charge in [-0.05, 0) is 12.1 Å². The van der Waals surface area contributed by atoms with E-state index in [1.165, 1.54) is 12.1 Å². The van der Waals surface area contributed by atoms with E-state index < -0.39 is 5.82 Å². The van der Waals surface area contributed by atoms with Gasteiger partial charge in [0.2, 0.25) is 5.82 Å². The van der Waals surface area contributed by atoms with Crippen LogP contribution in [0.5, 0.6) is 5.75 Å². The molecule has 0 atom stereocenters. The second-order valence-electron chi connectivity index (χ2n) is 3.95. The molecule has 2 heterocycles. The minimum absolute atomic E-state index is 0.0375. The van der Waals surface area contributed by atoms with Crippen LogP contribution < -0.4 is 0 Å². The molecule has 2 aromatic heterocycles. The summed E-state index contributed by atoms with van der Waals surface area (Å²) < 4.78 is 20.4. The van der Waals surface area contributed by atoms with Gasteiger partial charge in [0.05, 0.1) is 5.56 Å². The van der Waals surface area contributed by atoms with Gasteiger partial charge in [-0.15, -0.1) is 0 Å². The van der Waals surface area contributed by atoms with Crippen LogP contribution in [0, 0.1) is 5.82 Å². The fourth-order valence-corrected chi connectivity index (χ4v) is 1.68. The highest BCUT2D eigenvalue weighted by molar-refractivity contribution is 5.58. The molecule has 0 bridgehead atoms. The van der Waals surface area contributed by atoms with Crippen molar-refractivity contribution in [1.82, 2.24) is 19.7 Å². The Hall–Kier alpha value is -2.70. The van der Waals surface area contributed by atoms with Crippen molar-refractivity contribution in [3.05, 3.63) is 36.4 Å². The standard InChI is InChI=1S/C12H9FN4O2/c1-17-5-4-14-11(17)10-15-12(19-16-10)8-3-2-7(18)6-9(8)13/h2-6,18H,1H3. The van der Waals surface area contributed by atoms with Gasteiger partial charge >= 0.3 is 0 Å². The lowest BCUT2D eigenvalue weighted by Gasteiger charge is -1.97. The number of rotatable bonds is 2. The molecular formula is C12H9FN4O2. The van der Waals surface area contributed by atoms with Crippen molar-refractivity contribution in [1.29, 1.82) is 0 Å². The number of imidazole rings is 1. The molecule has 0 radical (unpaired) electrons. The van der Waals surface area contributed by atoms with Crippen LogP contribution in [0.4, 0.5) is 4.39 Å². The first-order chi connectivity index (χ1) is 9.15. The van der Waals surface area contributed by atoms with E-state index in [0.29, 0.717) is 5.82 Å². The molecule has 1 N–H and O–H groups in total. The van der Waals surface area contributed by atoms with Crippen molar-refractivity contribution in [2.24, 2.45) is 7.05 Å². The maximum absolute atomic E-state index is 13.7. The van der Waals surface area contributed by atoms with Gasteiger partial charge in [0.25, 0.3) is 5.89 Å². The first-order valence-corrected chi connectivity index (χ1v) is 5.45. The van der Waals surface area contributed by atoms with E-state index in [0.717, 1.165) is 6.07 Å². The van der Waals surface area contributed by atoms with Crippen molar-refractivity contribution in [3.63, 3.8) is 0 Å². The summed E-state index contributed by atoms with van der Waals surface area (Å²) in [7, 11) is 1.79. The van der Waals surface area contributed by atoms with Crippen LogP contribution in [0.25, 0.3) is 23.1 Å². The smallest absolute Gasteiger partial charge is 0.261 e. The Labute approximate surface area is 107 Å². The zero-order chi connectivity index (χ0) is 13.4. The molecule has 0 saturated carbocycles. The van der Waals surface area contributed by atoms with Gasteiger partial charge in [0.1, 0.15) is 11.6 Å². The number of hydrogen-bond donors (Lipinski definition) is 1. The first kappa shape index (κ1) is 11.4. The molecule has 0 fully saturated rings. The van der Waals surface area contributed by atoms with Crippen LogP contribution in [0.2, 0.25) is 0 Å². The number of phenols is 1. The van der Waals surface area contributed by atoms with Gasteiger partial charge in [0.15, 0.2) is 5.82 Å². The second kappa shape index (κ2) is 4.20. The van der Waals surface area contributed by atoms with Crippen molar-refractivity contribution < 1.29 is 14.0 Å². The SMILES string of the molecule is Cn1ccnc1-c1noc(-c2ccc(O)cc2F)n1. The van der Waals surface area contributed by atoms with Gasteiger partial charge in [-0.1, -0.05) is 5.16 Å². The molecule has 19 heavy (non-hydrogen) atoms. The Balaban J connectivity index is 2.04. The van der Waals surface area contributed by atoms with Crippen LogP contribution in [0.1, 0.15) is 0 Å². The summed E-state index contributed by atoms with van der Waals surface area (Å²) in [5, 5.41) is 12.9. The fraction of sp³-hybridized carbons (Fsp3) is 0.0833. The predicted molar refractivity (Wildman–Crippen MR) is 63.6 cm³/mol. The molecule has 0 unspecified atom stereocenters. The predicted octanol–water partition coefficient (Wildman–Crippen LogP) is 1.98. The normalized spacial score (nSPS) is 10.8. The molecular weight excluding hydrogens is 251 g/mol. The van der Waals surface area contributed by atoms with Gasteiger partial charge < -0.3 is 14.2 Å². The molecule has 6 nitrogen and oxygen atoms in total. The average molecular weight is 260 g/mol. The maximum Gasteiger partial charge on any atom is 0.261 e. The van der Waals surface area contributed by atoms with Crippen molar-refractivity contribution in [3.8, 4) is 28.9 Å². The number of hydrogen-bond acceptors (Lipinski definition) is 5. The van der Waals surface area contributed by atoms with E-state index in [1.807, 2.05) is 0 Å². The van der Waals surface area contributed by atoms with E-state index in [-0.39, 0.29) is 23.0 Å². The third kappa shape index (κ3) is 1.95. The minimum atomic E-state index is -0.630. The summed E-state index contributed by atoms with van der Waals surface area (Å²) in [4.78, 5) is 8.17. The third-order valence-electron chi connectivity index (χ3n) is 2.63. The molecule has 0 spiro atoms. The monoisotopic (exact) mass is 260 g/mol. The highest BCUT2D eigenvalue weighted by Crippen LogP contribution is 2.25. The van der Waals surface area contributed by atoms with Crippen molar-refractivity contribution in [2.45, 2.75) is 0 Å². The number of aromatic nitrogens is 4. The number of halogens is 1. The van der Waals surface area contributed by atoms with Gasteiger partial charge in [0, 0.05) is 25.5 Å². The molecule has 0 aliphatic rings. The Morgan fingerprint density at radius 1 is 1.37 bits per heavy atom. The number of aryl methyl sites for hydroxylation is 1. The summed E-state index contributed by atoms with van der Waals surface area (Å²) in [6, 6.07) is 3.71. The average Bonchev–Trinajstić information content (AvgIpc) is 2.97. The van der Waals surface area contributed by atoms with Crippen molar-refractivity contribution in [2.75, 3.05) is 0 Å². The lowest BCUT2D eigenvalue weighted by Crippen LogP contribution is -1.92. The summed E-state index contributed by atoms with van der Waals surface area (Å²) in [5.74, 6) is 0.0415. The summed E-state index contributed by atoms with van der Waals surface area (Å²) >= 11 is 0. The van der Waals surface area contributed by atoms with Gasteiger partial charge in [-0.25, -0.2) is 9.37 Å². The van der Waals surface area contributed by atoms with E-state index in [9.17, 15) is 4.39 Å². The summed E-state index contributed by atoms with van der Waals surface area (Å²) in [6.45, 7) is 0. The highest BCUT2D eigenvalue weighted by Gasteiger charge is 2.16. The zero-order valence-electron chi connectivity index (χ0n) is 9.91. The molecule has 3 aromatic rings. The molecule has 1 aromatic carbocycles. The van der Waals surface area contributed by atoms with Gasteiger partial charge in [-0.2, -0.15) is 4.98 Å². The van der Waals surface area contributed by atoms with E-state index in [2.05, 4.69) is 15.1 Å². The number of benzene rings is 1. The summed E-state index contributed by atoms with van der Waals surface area (Å²) in [6.07, 6.45) is 3.35. The third-order valence-corrected chi connectivity index (χ3v) is 2.63. The van der Waals surface area contributed by atoms with Crippen LogP contribution in [0.15, 0.2) is 35.1 Å². The Morgan fingerprint density at radius 2 is 2.21 bits per heavy atom. The number of nitrogens with zero attached hydrogens (tertiary/aromatic N) is 4. The molecule has 96 valence electrons. The second-order valence-corrected chi connectivity index (χ2v) is 3.95. The molecule has 0 aliphatic carbocycles. The quantitative estimate of drug-likeness (QED) is 0.762. The zero-order valence-corrected chi connectivity index (χ0v) is 9.91. The number of phenolic OH excluding ortho intramolecular Hbond substituents is 1. The van der Waals surface area contributed by atoms with Crippen molar-refractivity contribution >= 4 is 0 Å². The molecule has 0 saturated heterocycles. The minimum Gasteiger partial charge on any atom is -0.508 e. The van der Waals surface area contributed by atoms with Crippen LogP contribution in [-0.4, -0.2) is 24.8 Å². The van der Waals surface area contributed by atoms with Crippen LogP contribution >= 0.6 is 0 Å². The fourth-order valence-electron chi connectivity index (χ4n) is 1.68. The lowest BCUT2D eigenvalue weighted by molar-refractivity contribution is 0.428. The Kier molecular flexibility index (Phi) is 2.52. The van der Waals surface area contributed by atoms with Crippen LogP contribution in [-0.2, 0) is 7.05 Å². The first-order valence-electron chi connectivity index (χ1n) is 5.45. The number of aromatic hydroxyl groups is 1. The molecule has 0 aliphatic heterocycles. The highest BCUT2D eigenvalue weighted by atomic mass is 19.1. The van der Waals surface area contributed by atoms with Gasteiger partial charge in [-0.3, -0.25) is 0 Å².